The maximum absolute atomic E-state index is 13.4. The minimum Gasteiger partial charge on any atom is -0.352 e. The van der Waals surface area contributed by atoms with Crippen molar-refractivity contribution in [3.05, 3.63) is 35.6 Å². The Hall–Kier alpha value is -1.26. The average molecular weight is 280 g/mol. The van der Waals surface area contributed by atoms with E-state index >= 15 is 0 Å². The molecule has 0 aliphatic carbocycles. The lowest BCUT2D eigenvalue weighted by atomic mass is 9.95. The summed E-state index contributed by atoms with van der Waals surface area (Å²) in [6.07, 6.45) is 1.37. The summed E-state index contributed by atoms with van der Waals surface area (Å²) in [5.41, 5.74) is 0.221. The van der Waals surface area contributed by atoms with Gasteiger partial charge in [-0.2, -0.15) is 0 Å². The first-order chi connectivity index (χ1) is 9.48. The third kappa shape index (κ3) is 4.12. The van der Waals surface area contributed by atoms with Crippen molar-refractivity contribution in [2.24, 2.45) is 5.41 Å². The fourth-order valence-electron chi connectivity index (χ4n) is 2.14. The Balaban J connectivity index is 1.74. The van der Waals surface area contributed by atoms with Gasteiger partial charge >= 0.3 is 0 Å². The molecule has 0 atom stereocenters. The molecule has 20 heavy (non-hydrogen) atoms. The lowest BCUT2D eigenvalue weighted by Gasteiger charge is -2.34. The predicted octanol–water partition coefficient (Wildman–Crippen LogP) is 3.58. The number of halogens is 1. The molecule has 2 rings (SSSR count). The molecule has 1 aliphatic heterocycles. The quantitative estimate of drug-likeness (QED) is 0.773. The van der Waals surface area contributed by atoms with E-state index in [2.05, 4.69) is 13.8 Å². The second kappa shape index (κ2) is 6.46. The van der Waals surface area contributed by atoms with Crippen LogP contribution < -0.4 is 0 Å². The van der Waals surface area contributed by atoms with Gasteiger partial charge in [-0.15, -0.1) is 0 Å². The second-order valence-corrected chi connectivity index (χ2v) is 6.01. The van der Waals surface area contributed by atoms with E-state index in [1.807, 2.05) is 0 Å². The minimum absolute atomic E-state index is 0.0550. The number of carbonyl (C=O) groups excluding carboxylic acids is 1. The summed E-state index contributed by atoms with van der Waals surface area (Å²) in [6.45, 7) is 5.51. The van der Waals surface area contributed by atoms with Gasteiger partial charge in [0.2, 0.25) is 0 Å². The van der Waals surface area contributed by atoms with Crippen LogP contribution in [0.25, 0.3) is 0 Å². The van der Waals surface area contributed by atoms with Gasteiger partial charge in [0.05, 0.1) is 18.8 Å². The zero-order valence-electron chi connectivity index (χ0n) is 12.0. The topological polar surface area (TPSA) is 35.5 Å². The predicted molar refractivity (Wildman–Crippen MR) is 74.1 cm³/mol. The molecule has 0 saturated carbocycles. The number of Topliss-reactive ketones (excluding diaryl/α,β-unsaturated/α-hetero) is 1. The van der Waals surface area contributed by atoms with E-state index in [4.69, 9.17) is 9.47 Å². The molecule has 0 amide bonds. The highest BCUT2D eigenvalue weighted by Crippen LogP contribution is 2.25. The molecule has 3 nitrogen and oxygen atoms in total. The monoisotopic (exact) mass is 280 g/mol. The van der Waals surface area contributed by atoms with Crippen LogP contribution in [0.5, 0.6) is 0 Å². The Morgan fingerprint density at radius 1 is 1.30 bits per heavy atom. The number of ether oxygens (including phenoxy) is 2. The standard InChI is InChI=1S/C16H21FO3/c1-16(2)10-19-15(20-11-16)9-5-8-14(18)12-6-3-4-7-13(12)17/h3-4,6-7,15H,5,8-11H2,1-2H3. The minimum atomic E-state index is -0.454. The van der Waals surface area contributed by atoms with E-state index in [9.17, 15) is 9.18 Å². The van der Waals surface area contributed by atoms with E-state index in [0.29, 0.717) is 32.5 Å². The van der Waals surface area contributed by atoms with Crippen LogP contribution in [0, 0.1) is 11.2 Å². The largest absolute Gasteiger partial charge is 0.352 e. The Morgan fingerprint density at radius 2 is 1.95 bits per heavy atom. The zero-order valence-corrected chi connectivity index (χ0v) is 12.0. The molecule has 0 spiro atoms. The highest BCUT2D eigenvalue weighted by molar-refractivity contribution is 5.96. The molecule has 4 heteroatoms. The zero-order chi connectivity index (χ0) is 14.6. The van der Waals surface area contributed by atoms with Crippen molar-refractivity contribution in [1.29, 1.82) is 0 Å². The Kier molecular flexibility index (Phi) is 4.89. The first-order valence-electron chi connectivity index (χ1n) is 6.99. The summed E-state index contributed by atoms with van der Waals surface area (Å²) in [4.78, 5) is 11.9. The van der Waals surface area contributed by atoms with E-state index < -0.39 is 5.82 Å². The van der Waals surface area contributed by atoms with Crippen molar-refractivity contribution in [2.75, 3.05) is 13.2 Å². The van der Waals surface area contributed by atoms with Gasteiger partial charge < -0.3 is 9.47 Å². The average Bonchev–Trinajstić information content (AvgIpc) is 2.41. The van der Waals surface area contributed by atoms with Gasteiger partial charge in [0.15, 0.2) is 12.1 Å². The summed E-state index contributed by atoms with van der Waals surface area (Å²) >= 11 is 0. The Bertz CT molecular complexity index is 461. The van der Waals surface area contributed by atoms with Crippen molar-refractivity contribution in [2.45, 2.75) is 39.4 Å². The Morgan fingerprint density at radius 3 is 2.60 bits per heavy atom. The molecule has 0 aromatic heterocycles. The van der Waals surface area contributed by atoms with Crippen molar-refractivity contribution >= 4 is 5.78 Å². The third-order valence-electron chi connectivity index (χ3n) is 3.34. The molecular weight excluding hydrogens is 259 g/mol. The van der Waals surface area contributed by atoms with Crippen LogP contribution in [0.4, 0.5) is 4.39 Å². The van der Waals surface area contributed by atoms with Crippen LogP contribution >= 0.6 is 0 Å². The van der Waals surface area contributed by atoms with Gasteiger partial charge in [-0.3, -0.25) is 4.79 Å². The number of ketones is 1. The SMILES string of the molecule is CC1(C)COC(CCCC(=O)c2ccccc2F)OC1. The van der Waals surface area contributed by atoms with Gasteiger partial charge in [0.1, 0.15) is 5.82 Å². The number of carbonyl (C=O) groups is 1. The molecule has 0 radical (unpaired) electrons. The van der Waals surface area contributed by atoms with Gasteiger partial charge in [-0.1, -0.05) is 26.0 Å². The smallest absolute Gasteiger partial charge is 0.165 e. The van der Waals surface area contributed by atoms with Crippen molar-refractivity contribution in [1.82, 2.24) is 0 Å². The van der Waals surface area contributed by atoms with Gasteiger partial charge in [-0.25, -0.2) is 4.39 Å². The maximum atomic E-state index is 13.4. The third-order valence-corrected chi connectivity index (χ3v) is 3.34. The Labute approximate surface area is 119 Å². The molecule has 1 aromatic carbocycles. The highest BCUT2D eigenvalue weighted by atomic mass is 19.1. The summed E-state index contributed by atoms with van der Waals surface area (Å²) in [5.74, 6) is -0.622. The van der Waals surface area contributed by atoms with Crippen molar-refractivity contribution < 1.29 is 18.7 Å². The van der Waals surface area contributed by atoms with Gasteiger partial charge in [0.25, 0.3) is 0 Å². The lowest BCUT2D eigenvalue weighted by molar-refractivity contribution is -0.223. The van der Waals surface area contributed by atoms with Crippen LogP contribution in [0.15, 0.2) is 24.3 Å². The van der Waals surface area contributed by atoms with E-state index in [-0.39, 0.29) is 23.1 Å². The van der Waals surface area contributed by atoms with Crippen LogP contribution in [0.1, 0.15) is 43.5 Å². The first kappa shape index (κ1) is 15.1. The number of hydrogen-bond acceptors (Lipinski definition) is 3. The van der Waals surface area contributed by atoms with Crippen molar-refractivity contribution in [3.8, 4) is 0 Å². The van der Waals surface area contributed by atoms with Crippen LogP contribution in [-0.2, 0) is 9.47 Å². The number of benzene rings is 1. The fourth-order valence-corrected chi connectivity index (χ4v) is 2.14. The molecule has 0 unspecified atom stereocenters. The highest BCUT2D eigenvalue weighted by Gasteiger charge is 2.28. The molecule has 1 aliphatic rings. The molecule has 0 bridgehead atoms. The normalized spacial score (nSPS) is 18.9. The van der Waals surface area contributed by atoms with E-state index in [1.165, 1.54) is 12.1 Å². The first-order valence-corrected chi connectivity index (χ1v) is 6.99. The fraction of sp³-hybridized carbons (Fsp3) is 0.562. The summed E-state index contributed by atoms with van der Waals surface area (Å²) in [7, 11) is 0. The number of hydrogen-bond donors (Lipinski definition) is 0. The maximum Gasteiger partial charge on any atom is 0.165 e. The van der Waals surface area contributed by atoms with Gasteiger partial charge in [0, 0.05) is 11.8 Å². The van der Waals surface area contributed by atoms with Gasteiger partial charge in [-0.05, 0) is 25.0 Å². The van der Waals surface area contributed by atoms with Crippen LogP contribution in [0.2, 0.25) is 0 Å². The number of rotatable bonds is 5. The molecule has 110 valence electrons. The summed E-state index contributed by atoms with van der Waals surface area (Å²) in [6, 6.07) is 6.08. The van der Waals surface area contributed by atoms with E-state index in [1.54, 1.807) is 12.1 Å². The molecule has 1 heterocycles. The second-order valence-electron chi connectivity index (χ2n) is 6.01. The molecule has 1 saturated heterocycles. The lowest BCUT2D eigenvalue weighted by Crippen LogP contribution is -2.37. The molecule has 1 fully saturated rings. The van der Waals surface area contributed by atoms with Crippen molar-refractivity contribution in [3.63, 3.8) is 0 Å². The molecule has 0 N–H and O–H groups in total. The molecule has 1 aromatic rings. The molecular formula is C16H21FO3. The summed E-state index contributed by atoms with van der Waals surface area (Å²) in [5, 5.41) is 0. The van der Waals surface area contributed by atoms with E-state index in [0.717, 1.165) is 0 Å². The van der Waals surface area contributed by atoms with Crippen LogP contribution in [-0.4, -0.2) is 25.3 Å². The van der Waals surface area contributed by atoms with Crippen LogP contribution in [0.3, 0.4) is 0 Å². The summed E-state index contributed by atoms with van der Waals surface area (Å²) < 4.78 is 24.6.